The number of nitrogens with one attached hydrogen (secondary N) is 1. The van der Waals surface area contributed by atoms with Crippen LogP contribution in [0, 0.1) is 0 Å². The van der Waals surface area contributed by atoms with E-state index in [2.05, 4.69) is 10.3 Å². The van der Waals surface area contributed by atoms with Crippen LogP contribution in [0.2, 0.25) is 0 Å². The smallest absolute Gasteiger partial charge is 0.273 e. The maximum absolute atomic E-state index is 12.0. The molecular weight excluding hydrogens is 216 g/mol. The summed E-state index contributed by atoms with van der Waals surface area (Å²) in [5.41, 5.74) is 7.76. The number of amides is 1. The van der Waals surface area contributed by atoms with E-state index in [1.807, 2.05) is 24.3 Å². The summed E-state index contributed by atoms with van der Waals surface area (Å²) in [4.78, 5) is 15.9. The van der Waals surface area contributed by atoms with Gasteiger partial charge in [0.05, 0.1) is 12.5 Å². The molecular formula is C12H14N4O. The molecule has 0 radical (unpaired) electrons. The minimum absolute atomic E-state index is 0.189. The highest BCUT2D eigenvalue weighted by Gasteiger charge is 2.11. The Hall–Kier alpha value is -2.14. The molecule has 0 atom stereocenters. The molecule has 2 rings (SSSR count). The first-order valence-corrected chi connectivity index (χ1v) is 5.28. The molecule has 1 heterocycles. The van der Waals surface area contributed by atoms with Gasteiger partial charge in [-0.05, 0) is 11.6 Å². The summed E-state index contributed by atoms with van der Waals surface area (Å²) in [7, 11) is 1.77. The second kappa shape index (κ2) is 4.80. The second-order valence-corrected chi connectivity index (χ2v) is 3.71. The monoisotopic (exact) mass is 230 g/mol. The summed E-state index contributed by atoms with van der Waals surface area (Å²) >= 11 is 0. The number of nitrogens with two attached hydrogens (primary N) is 1. The average Bonchev–Trinajstić information content (AvgIpc) is 2.76. The number of rotatable bonds is 3. The molecule has 3 N–H and O–H groups in total. The average molecular weight is 230 g/mol. The molecule has 2 aromatic rings. The standard InChI is InChI=1S/C12H14N4O/c1-16-8-14-7-11(16)12(17)15-10-5-3-2-4-9(10)6-13/h2-5,7-8H,6,13H2,1H3,(H,15,17). The summed E-state index contributed by atoms with van der Waals surface area (Å²) in [5, 5.41) is 2.82. The lowest BCUT2D eigenvalue weighted by Crippen LogP contribution is -2.17. The van der Waals surface area contributed by atoms with Crippen molar-refractivity contribution in [2.75, 3.05) is 5.32 Å². The Balaban J connectivity index is 2.22. The van der Waals surface area contributed by atoms with Crippen LogP contribution in [0.4, 0.5) is 5.69 Å². The molecule has 0 saturated carbocycles. The molecule has 5 nitrogen and oxygen atoms in total. The molecule has 0 fully saturated rings. The van der Waals surface area contributed by atoms with Crippen molar-refractivity contribution in [2.24, 2.45) is 12.8 Å². The number of carbonyl (C=O) groups is 1. The Bertz CT molecular complexity index is 533. The van der Waals surface area contributed by atoms with Crippen LogP contribution in [0.5, 0.6) is 0 Å². The molecule has 88 valence electrons. The molecule has 0 aliphatic rings. The predicted octanol–water partition coefficient (Wildman–Crippen LogP) is 1.13. The number of nitrogens with zero attached hydrogens (tertiary/aromatic N) is 2. The van der Waals surface area contributed by atoms with Gasteiger partial charge in [0, 0.05) is 19.3 Å². The molecule has 0 bridgehead atoms. The Labute approximate surface area is 99.3 Å². The van der Waals surface area contributed by atoms with Gasteiger partial charge in [-0.1, -0.05) is 18.2 Å². The summed E-state index contributed by atoms with van der Waals surface area (Å²) < 4.78 is 1.67. The van der Waals surface area contributed by atoms with E-state index in [-0.39, 0.29) is 5.91 Å². The van der Waals surface area contributed by atoms with Gasteiger partial charge in [0.15, 0.2) is 0 Å². The lowest BCUT2D eigenvalue weighted by molar-refractivity contribution is 0.101. The number of aromatic nitrogens is 2. The van der Waals surface area contributed by atoms with Gasteiger partial charge in [-0.3, -0.25) is 4.79 Å². The third-order valence-corrected chi connectivity index (χ3v) is 2.53. The van der Waals surface area contributed by atoms with Crippen molar-refractivity contribution >= 4 is 11.6 Å². The van der Waals surface area contributed by atoms with Crippen molar-refractivity contribution in [1.29, 1.82) is 0 Å². The second-order valence-electron chi connectivity index (χ2n) is 3.71. The van der Waals surface area contributed by atoms with Crippen LogP contribution >= 0.6 is 0 Å². The topological polar surface area (TPSA) is 72.9 Å². The van der Waals surface area contributed by atoms with E-state index in [0.717, 1.165) is 11.3 Å². The number of imidazole rings is 1. The van der Waals surface area contributed by atoms with Gasteiger partial charge in [-0.2, -0.15) is 0 Å². The van der Waals surface area contributed by atoms with E-state index in [1.165, 1.54) is 6.20 Å². The fraction of sp³-hybridized carbons (Fsp3) is 0.167. The van der Waals surface area contributed by atoms with E-state index in [0.29, 0.717) is 12.2 Å². The zero-order valence-corrected chi connectivity index (χ0v) is 9.55. The van der Waals surface area contributed by atoms with E-state index >= 15 is 0 Å². The minimum atomic E-state index is -0.189. The van der Waals surface area contributed by atoms with Crippen molar-refractivity contribution in [2.45, 2.75) is 6.54 Å². The van der Waals surface area contributed by atoms with E-state index in [9.17, 15) is 4.79 Å². The molecule has 0 saturated heterocycles. The molecule has 1 aromatic carbocycles. The van der Waals surface area contributed by atoms with Crippen molar-refractivity contribution in [3.8, 4) is 0 Å². The minimum Gasteiger partial charge on any atom is -0.330 e. The summed E-state index contributed by atoms with van der Waals surface area (Å²) in [5.74, 6) is -0.189. The lowest BCUT2D eigenvalue weighted by atomic mass is 10.2. The number of para-hydroxylation sites is 1. The maximum Gasteiger partial charge on any atom is 0.273 e. The third kappa shape index (κ3) is 2.34. The molecule has 0 aliphatic heterocycles. The Kier molecular flexibility index (Phi) is 3.20. The Morgan fingerprint density at radius 2 is 2.24 bits per heavy atom. The molecule has 0 spiro atoms. The zero-order chi connectivity index (χ0) is 12.3. The normalized spacial score (nSPS) is 10.2. The highest BCUT2D eigenvalue weighted by molar-refractivity contribution is 6.03. The summed E-state index contributed by atoms with van der Waals surface area (Å²) in [6.45, 7) is 0.391. The molecule has 17 heavy (non-hydrogen) atoms. The first kappa shape index (κ1) is 11.3. The van der Waals surface area contributed by atoms with Crippen LogP contribution in [0.25, 0.3) is 0 Å². The van der Waals surface area contributed by atoms with Gasteiger partial charge in [0.1, 0.15) is 5.69 Å². The highest BCUT2D eigenvalue weighted by Crippen LogP contribution is 2.15. The van der Waals surface area contributed by atoms with Crippen molar-refractivity contribution in [3.63, 3.8) is 0 Å². The van der Waals surface area contributed by atoms with Gasteiger partial charge in [-0.15, -0.1) is 0 Å². The SMILES string of the molecule is Cn1cncc1C(=O)Nc1ccccc1CN. The van der Waals surface area contributed by atoms with Crippen LogP contribution in [-0.4, -0.2) is 15.5 Å². The molecule has 0 aliphatic carbocycles. The van der Waals surface area contributed by atoms with Crippen LogP contribution < -0.4 is 11.1 Å². The third-order valence-electron chi connectivity index (χ3n) is 2.53. The molecule has 1 amide bonds. The van der Waals surface area contributed by atoms with Gasteiger partial charge in [0.25, 0.3) is 5.91 Å². The number of hydrogen-bond acceptors (Lipinski definition) is 3. The largest absolute Gasteiger partial charge is 0.330 e. The van der Waals surface area contributed by atoms with Crippen LogP contribution in [-0.2, 0) is 13.6 Å². The molecule has 0 unspecified atom stereocenters. The summed E-state index contributed by atoms with van der Waals surface area (Å²) in [6.07, 6.45) is 3.12. The fourth-order valence-electron chi connectivity index (χ4n) is 1.58. The number of benzene rings is 1. The van der Waals surface area contributed by atoms with Crippen LogP contribution in [0.15, 0.2) is 36.8 Å². The predicted molar refractivity (Wildman–Crippen MR) is 65.5 cm³/mol. The highest BCUT2D eigenvalue weighted by atomic mass is 16.2. The zero-order valence-electron chi connectivity index (χ0n) is 9.55. The van der Waals surface area contributed by atoms with Crippen molar-refractivity contribution < 1.29 is 4.79 Å². The first-order chi connectivity index (χ1) is 8.22. The van der Waals surface area contributed by atoms with E-state index in [4.69, 9.17) is 5.73 Å². The summed E-state index contributed by atoms with van der Waals surface area (Å²) in [6, 6.07) is 7.47. The number of hydrogen-bond donors (Lipinski definition) is 2. The van der Waals surface area contributed by atoms with Gasteiger partial charge in [-0.25, -0.2) is 4.98 Å². The maximum atomic E-state index is 12.0. The quantitative estimate of drug-likeness (QED) is 0.830. The van der Waals surface area contributed by atoms with Crippen LogP contribution in [0.1, 0.15) is 16.1 Å². The number of carbonyl (C=O) groups excluding carboxylic acids is 1. The molecule has 5 heteroatoms. The number of aryl methyl sites for hydroxylation is 1. The Morgan fingerprint density at radius 1 is 1.47 bits per heavy atom. The fourth-order valence-corrected chi connectivity index (χ4v) is 1.58. The van der Waals surface area contributed by atoms with E-state index < -0.39 is 0 Å². The van der Waals surface area contributed by atoms with Gasteiger partial charge < -0.3 is 15.6 Å². The first-order valence-electron chi connectivity index (χ1n) is 5.28. The van der Waals surface area contributed by atoms with Crippen LogP contribution in [0.3, 0.4) is 0 Å². The van der Waals surface area contributed by atoms with Gasteiger partial charge >= 0.3 is 0 Å². The van der Waals surface area contributed by atoms with E-state index in [1.54, 1.807) is 17.9 Å². The molecule has 1 aromatic heterocycles. The van der Waals surface area contributed by atoms with Gasteiger partial charge in [0.2, 0.25) is 0 Å². The lowest BCUT2D eigenvalue weighted by Gasteiger charge is -2.09. The van der Waals surface area contributed by atoms with Crippen molar-refractivity contribution in [3.05, 3.63) is 48.0 Å². The van der Waals surface area contributed by atoms with Crippen molar-refractivity contribution in [1.82, 2.24) is 9.55 Å². The Morgan fingerprint density at radius 3 is 2.88 bits per heavy atom. The number of anilines is 1.